The molecule has 0 aromatic heterocycles. The average molecular weight is 344 g/mol. The van der Waals surface area contributed by atoms with E-state index < -0.39 is 10.0 Å². The molecule has 4 nitrogen and oxygen atoms in total. The van der Waals surface area contributed by atoms with Gasteiger partial charge in [0.05, 0.1) is 4.90 Å². The SMILES string of the molecule is CCCNC1CCc2cc(-c3ccccc3S(N)(=O)=O)ccc2C1. The first kappa shape index (κ1) is 17.1. The molecule has 0 saturated heterocycles. The second-order valence-electron chi connectivity index (χ2n) is 6.42. The Hall–Kier alpha value is -1.69. The molecular weight excluding hydrogens is 320 g/mol. The number of primary sulfonamides is 1. The molecule has 1 atom stereocenters. The number of nitrogens with one attached hydrogen (secondary N) is 1. The van der Waals surface area contributed by atoms with Crippen LogP contribution >= 0.6 is 0 Å². The molecule has 3 rings (SSSR count). The molecule has 24 heavy (non-hydrogen) atoms. The van der Waals surface area contributed by atoms with Crippen molar-refractivity contribution in [3.8, 4) is 11.1 Å². The second kappa shape index (κ2) is 7.05. The standard InChI is InChI=1S/C19H24N2O2S/c1-2-11-21-17-10-9-14-12-16(8-7-15(14)13-17)18-5-3-4-6-19(18)24(20,22)23/h3-8,12,17,21H,2,9-11,13H2,1H3,(H2,20,22,23). The van der Waals surface area contributed by atoms with E-state index in [2.05, 4.69) is 24.4 Å². The van der Waals surface area contributed by atoms with Gasteiger partial charge in [0.15, 0.2) is 0 Å². The summed E-state index contributed by atoms with van der Waals surface area (Å²) in [6, 6.07) is 13.7. The molecule has 5 heteroatoms. The van der Waals surface area contributed by atoms with Gasteiger partial charge in [-0.15, -0.1) is 0 Å². The smallest absolute Gasteiger partial charge is 0.238 e. The number of hydrogen-bond acceptors (Lipinski definition) is 3. The molecule has 0 radical (unpaired) electrons. The summed E-state index contributed by atoms with van der Waals surface area (Å²) in [4.78, 5) is 0.184. The lowest BCUT2D eigenvalue weighted by Crippen LogP contribution is -2.34. The maximum absolute atomic E-state index is 11.8. The van der Waals surface area contributed by atoms with Crippen molar-refractivity contribution in [2.75, 3.05) is 6.54 Å². The highest BCUT2D eigenvalue weighted by Crippen LogP contribution is 2.31. The van der Waals surface area contributed by atoms with Crippen LogP contribution in [0.3, 0.4) is 0 Å². The Bertz CT molecular complexity index is 831. The van der Waals surface area contributed by atoms with Gasteiger partial charge >= 0.3 is 0 Å². The number of hydrogen-bond donors (Lipinski definition) is 2. The number of fused-ring (bicyclic) bond motifs is 1. The van der Waals surface area contributed by atoms with Gasteiger partial charge in [0, 0.05) is 11.6 Å². The van der Waals surface area contributed by atoms with Gasteiger partial charge in [-0.25, -0.2) is 13.6 Å². The van der Waals surface area contributed by atoms with E-state index in [1.807, 2.05) is 18.2 Å². The molecule has 0 bridgehead atoms. The van der Waals surface area contributed by atoms with Crippen LogP contribution in [-0.2, 0) is 22.9 Å². The van der Waals surface area contributed by atoms with Crippen molar-refractivity contribution in [2.24, 2.45) is 5.14 Å². The number of benzene rings is 2. The van der Waals surface area contributed by atoms with Gasteiger partial charge in [-0.05, 0) is 55.0 Å². The lowest BCUT2D eigenvalue weighted by Gasteiger charge is -2.26. The van der Waals surface area contributed by atoms with E-state index in [9.17, 15) is 8.42 Å². The zero-order valence-corrected chi connectivity index (χ0v) is 14.8. The Morgan fingerprint density at radius 3 is 2.71 bits per heavy atom. The van der Waals surface area contributed by atoms with Crippen molar-refractivity contribution < 1.29 is 8.42 Å². The van der Waals surface area contributed by atoms with Crippen molar-refractivity contribution in [2.45, 2.75) is 43.5 Å². The summed E-state index contributed by atoms with van der Waals surface area (Å²) in [5, 5.41) is 8.95. The third-order valence-corrected chi connectivity index (χ3v) is 5.59. The van der Waals surface area contributed by atoms with Crippen LogP contribution in [0.2, 0.25) is 0 Å². The van der Waals surface area contributed by atoms with Crippen LogP contribution in [0.15, 0.2) is 47.4 Å². The Morgan fingerprint density at radius 1 is 1.17 bits per heavy atom. The summed E-state index contributed by atoms with van der Waals surface area (Å²) < 4.78 is 23.7. The van der Waals surface area contributed by atoms with Crippen LogP contribution < -0.4 is 10.5 Å². The van der Waals surface area contributed by atoms with Crippen LogP contribution in [-0.4, -0.2) is 21.0 Å². The van der Waals surface area contributed by atoms with Gasteiger partial charge in [0.2, 0.25) is 10.0 Å². The fraction of sp³-hybridized carbons (Fsp3) is 0.368. The molecule has 0 aliphatic heterocycles. The minimum atomic E-state index is -3.73. The topological polar surface area (TPSA) is 72.2 Å². The van der Waals surface area contributed by atoms with Gasteiger partial charge in [-0.1, -0.05) is 43.3 Å². The zero-order chi connectivity index (χ0) is 17.2. The summed E-state index contributed by atoms with van der Waals surface area (Å²) in [6.07, 6.45) is 4.31. The third kappa shape index (κ3) is 3.69. The van der Waals surface area contributed by atoms with Crippen molar-refractivity contribution >= 4 is 10.0 Å². The molecule has 0 heterocycles. The van der Waals surface area contributed by atoms with Crippen LogP contribution in [0, 0.1) is 0 Å². The fourth-order valence-electron chi connectivity index (χ4n) is 3.40. The van der Waals surface area contributed by atoms with E-state index in [1.165, 1.54) is 11.1 Å². The predicted octanol–water partition coefficient (Wildman–Crippen LogP) is 2.86. The molecule has 128 valence electrons. The molecule has 0 spiro atoms. The first-order chi connectivity index (χ1) is 11.5. The van der Waals surface area contributed by atoms with E-state index in [0.717, 1.165) is 37.8 Å². The molecule has 3 N–H and O–H groups in total. The van der Waals surface area contributed by atoms with Crippen LogP contribution in [0.1, 0.15) is 30.9 Å². The van der Waals surface area contributed by atoms with Crippen LogP contribution in [0.4, 0.5) is 0 Å². The second-order valence-corrected chi connectivity index (χ2v) is 7.95. The monoisotopic (exact) mass is 344 g/mol. The van der Waals surface area contributed by atoms with Gasteiger partial charge in [0.25, 0.3) is 0 Å². The van der Waals surface area contributed by atoms with Crippen molar-refractivity contribution in [3.63, 3.8) is 0 Å². The van der Waals surface area contributed by atoms with E-state index in [4.69, 9.17) is 5.14 Å². The number of sulfonamides is 1. The largest absolute Gasteiger partial charge is 0.314 e. The van der Waals surface area contributed by atoms with E-state index in [1.54, 1.807) is 12.1 Å². The summed E-state index contributed by atoms with van der Waals surface area (Å²) in [6.45, 7) is 3.23. The summed E-state index contributed by atoms with van der Waals surface area (Å²) in [7, 11) is -3.73. The normalized spacial score (nSPS) is 17.5. The van der Waals surface area contributed by atoms with Crippen molar-refractivity contribution in [1.29, 1.82) is 0 Å². The first-order valence-electron chi connectivity index (χ1n) is 8.46. The molecule has 2 aromatic carbocycles. The molecular formula is C19H24N2O2S. The van der Waals surface area contributed by atoms with Gasteiger partial charge < -0.3 is 5.32 Å². The number of rotatable bonds is 5. The number of nitrogens with two attached hydrogens (primary N) is 1. The molecule has 2 aromatic rings. The van der Waals surface area contributed by atoms with Gasteiger partial charge in [0.1, 0.15) is 0 Å². The Morgan fingerprint density at radius 2 is 1.96 bits per heavy atom. The Labute approximate surface area is 144 Å². The highest BCUT2D eigenvalue weighted by atomic mass is 32.2. The Balaban J connectivity index is 1.92. The van der Waals surface area contributed by atoms with E-state index >= 15 is 0 Å². The first-order valence-corrected chi connectivity index (χ1v) is 10.0. The molecule has 0 amide bonds. The van der Waals surface area contributed by atoms with Gasteiger partial charge in [-0.2, -0.15) is 0 Å². The minimum absolute atomic E-state index is 0.184. The maximum atomic E-state index is 11.8. The van der Waals surface area contributed by atoms with Crippen LogP contribution in [0.5, 0.6) is 0 Å². The predicted molar refractivity (Wildman–Crippen MR) is 97.4 cm³/mol. The maximum Gasteiger partial charge on any atom is 0.238 e. The summed E-state index contributed by atoms with van der Waals surface area (Å²) in [5.41, 5.74) is 4.25. The lowest BCUT2D eigenvalue weighted by atomic mass is 9.86. The van der Waals surface area contributed by atoms with Crippen molar-refractivity contribution in [3.05, 3.63) is 53.6 Å². The van der Waals surface area contributed by atoms with Crippen LogP contribution in [0.25, 0.3) is 11.1 Å². The molecule has 1 unspecified atom stereocenters. The highest BCUT2D eigenvalue weighted by molar-refractivity contribution is 7.89. The molecule has 0 fully saturated rings. The zero-order valence-electron chi connectivity index (χ0n) is 14.0. The van der Waals surface area contributed by atoms with E-state index in [0.29, 0.717) is 11.6 Å². The summed E-state index contributed by atoms with van der Waals surface area (Å²) >= 11 is 0. The highest BCUT2D eigenvalue weighted by Gasteiger charge is 2.20. The van der Waals surface area contributed by atoms with E-state index in [-0.39, 0.29) is 4.90 Å². The molecule has 1 aliphatic carbocycles. The molecule has 0 saturated carbocycles. The lowest BCUT2D eigenvalue weighted by molar-refractivity contribution is 0.459. The number of aryl methyl sites for hydroxylation is 1. The Kier molecular flexibility index (Phi) is 5.04. The third-order valence-electron chi connectivity index (χ3n) is 4.62. The summed E-state index contributed by atoms with van der Waals surface area (Å²) in [5.74, 6) is 0. The molecule has 1 aliphatic rings. The minimum Gasteiger partial charge on any atom is -0.314 e. The quantitative estimate of drug-likeness (QED) is 0.876. The fourth-order valence-corrected chi connectivity index (χ4v) is 4.16. The van der Waals surface area contributed by atoms with Crippen molar-refractivity contribution in [1.82, 2.24) is 5.32 Å². The van der Waals surface area contributed by atoms with Gasteiger partial charge in [-0.3, -0.25) is 0 Å². The average Bonchev–Trinajstić information content (AvgIpc) is 2.58.